The first kappa shape index (κ1) is 22.4. The molecule has 8 heteroatoms. The number of amides is 1. The summed E-state index contributed by atoms with van der Waals surface area (Å²) in [6, 6.07) is 9.53. The van der Waals surface area contributed by atoms with Gasteiger partial charge in [0, 0.05) is 24.7 Å². The van der Waals surface area contributed by atoms with Crippen molar-refractivity contribution in [1.82, 2.24) is 14.5 Å². The van der Waals surface area contributed by atoms with Crippen LogP contribution in [0.4, 0.5) is 0 Å². The van der Waals surface area contributed by atoms with E-state index in [4.69, 9.17) is 4.74 Å². The minimum absolute atomic E-state index is 0.127. The molecular weight excluding hydrogens is 414 g/mol. The number of benzene rings is 1. The third-order valence-electron chi connectivity index (χ3n) is 4.80. The number of rotatable bonds is 7. The summed E-state index contributed by atoms with van der Waals surface area (Å²) >= 11 is 1.16. The molecule has 0 saturated heterocycles. The first-order valence-electron chi connectivity index (χ1n) is 10.2. The summed E-state index contributed by atoms with van der Waals surface area (Å²) in [7, 11) is 0. The summed E-state index contributed by atoms with van der Waals surface area (Å²) in [6.45, 7) is 6.69. The summed E-state index contributed by atoms with van der Waals surface area (Å²) < 4.78 is 7.16. The molecule has 0 saturated carbocycles. The number of hydrogen-bond donors (Lipinski definition) is 0. The van der Waals surface area contributed by atoms with Crippen molar-refractivity contribution in [2.75, 3.05) is 19.7 Å². The molecule has 0 N–H and O–H groups in total. The minimum atomic E-state index is -0.545. The molecule has 0 radical (unpaired) electrons. The first-order valence-corrected chi connectivity index (χ1v) is 11.0. The molecule has 1 aromatic carbocycles. The summed E-state index contributed by atoms with van der Waals surface area (Å²) in [5.74, 6) is -0.720. The van der Waals surface area contributed by atoms with Crippen LogP contribution < -0.4 is 14.8 Å². The van der Waals surface area contributed by atoms with Gasteiger partial charge in [-0.1, -0.05) is 12.1 Å². The van der Waals surface area contributed by atoms with Gasteiger partial charge in [-0.3, -0.25) is 19.1 Å². The van der Waals surface area contributed by atoms with Crippen LogP contribution in [0.1, 0.15) is 26.3 Å². The molecule has 0 aliphatic heterocycles. The van der Waals surface area contributed by atoms with Crippen LogP contribution in [0, 0.1) is 0 Å². The predicted molar refractivity (Wildman–Crippen MR) is 122 cm³/mol. The number of esters is 1. The van der Waals surface area contributed by atoms with Crippen LogP contribution in [0.25, 0.3) is 23.1 Å². The van der Waals surface area contributed by atoms with Gasteiger partial charge in [0.2, 0.25) is 5.91 Å². The summed E-state index contributed by atoms with van der Waals surface area (Å²) in [6.07, 6.45) is 4.76. The van der Waals surface area contributed by atoms with Gasteiger partial charge in [0.15, 0.2) is 0 Å². The van der Waals surface area contributed by atoms with Crippen molar-refractivity contribution >= 4 is 46.3 Å². The second-order valence-corrected chi connectivity index (χ2v) is 7.82. The molecule has 1 amide bonds. The average Bonchev–Trinajstić information content (AvgIpc) is 3.03. The second kappa shape index (κ2) is 10.2. The van der Waals surface area contributed by atoms with Gasteiger partial charge in [-0.05, 0) is 50.6 Å². The van der Waals surface area contributed by atoms with Gasteiger partial charge >= 0.3 is 5.97 Å². The largest absolute Gasteiger partial charge is 0.463 e. The molecule has 0 unspecified atom stereocenters. The van der Waals surface area contributed by atoms with E-state index < -0.39 is 5.97 Å². The minimum Gasteiger partial charge on any atom is -0.463 e. The quantitative estimate of drug-likeness (QED) is 0.521. The molecule has 2 heterocycles. The number of thiazole rings is 1. The summed E-state index contributed by atoms with van der Waals surface area (Å²) in [4.78, 5) is 43.7. The Balaban J connectivity index is 2.11. The highest BCUT2D eigenvalue weighted by Crippen LogP contribution is 2.13. The maximum absolute atomic E-state index is 13.1. The van der Waals surface area contributed by atoms with Crippen molar-refractivity contribution in [2.24, 2.45) is 0 Å². The van der Waals surface area contributed by atoms with E-state index in [0.717, 1.165) is 27.8 Å². The highest BCUT2D eigenvalue weighted by molar-refractivity contribution is 7.07. The van der Waals surface area contributed by atoms with Crippen molar-refractivity contribution in [3.05, 3.63) is 61.6 Å². The second-order valence-electron chi connectivity index (χ2n) is 6.76. The lowest BCUT2D eigenvalue weighted by Gasteiger charge is -2.18. The third kappa shape index (κ3) is 5.27. The van der Waals surface area contributed by atoms with E-state index in [1.807, 2.05) is 44.2 Å². The standard InChI is InChI=1S/C23H25N3O4S/c1-4-25(5-2)20(27)15-26-21(14-22(28)30-6-3)31-19(23(26)29)13-16-9-10-18-17(12-16)8-7-11-24-18/h7-14H,4-6,15H2,1-3H3/b19-13+,21-14+. The summed E-state index contributed by atoms with van der Waals surface area (Å²) in [5, 5.41) is 0.961. The zero-order valence-electron chi connectivity index (χ0n) is 17.8. The zero-order chi connectivity index (χ0) is 22.4. The number of aromatic nitrogens is 2. The Morgan fingerprint density at radius 2 is 1.97 bits per heavy atom. The Kier molecular flexibility index (Phi) is 7.36. The molecule has 0 spiro atoms. The Bertz CT molecular complexity index is 1270. The topological polar surface area (TPSA) is 81.5 Å². The highest BCUT2D eigenvalue weighted by atomic mass is 32.1. The lowest BCUT2D eigenvalue weighted by Crippen LogP contribution is -2.40. The van der Waals surface area contributed by atoms with E-state index in [1.165, 1.54) is 10.6 Å². The SMILES string of the molecule is CCOC(=O)/C=c1/s/c(=C/c2ccc3ncccc3c2)c(=O)n1CC(=O)N(CC)CC. The van der Waals surface area contributed by atoms with Crippen LogP contribution in [0.2, 0.25) is 0 Å². The predicted octanol–water partition coefficient (Wildman–Crippen LogP) is 1.50. The zero-order valence-corrected chi connectivity index (χ0v) is 18.6. The monoisotopic (exact) mass is 439 g/mol. The Morgan fingerprint density at radius 3 is 2.68 bits per heavy atom. The van der Waals surface area contributed by atoms with Gasteiger partial charge in [-0.2, -0.15) is 0 Å². The van der Waals surface area contributed by atoms with E-state index in [-0.39, 0.29) is 24.6 Å². The molecule has 2 aromatic heterocycles. The fourth-order valence-electron chi connectivity index (χ4n) is 3.22. The molecule has 162 valence electrons. The van der Waals surface area contributed by atoms with Crippen molar-refractivity contribution in [1.29, 1.82) is 0 Å². The molecule has 0 aliphatic rings. The fourth-order valence-corrected chi connectivity index (χ4v) is 4.26. The molecule has 0 atom stereocenters. The van der Waals surface area contributed by atoms with Gasteiger partial charge in [0.25, 0.3) is 5.56 Å². The molecule has 31 heavy (non-hydrogen) atoms. The van der Waals surface area contributed by atoms with Crippen LogP contribution in [0.3, 0.4) is 0 Å². The molecule has 3 aromatic rings. The van der Waals surface area contributed by atoms with Gasteiger partial charge in [-0.15, -0.1) is 11.3 Å². The van der Waals surface area contributed by atoms with Crippen molar-refractivity contribution < 1.29 is 14.3 Å². The maximum Gasteiger partial charge on any atom is 0.333 e. The maximum atomic E-state index is 13.1. The number of likely N-dealkylation sites (N-methyl/N-ethyl adjacent to an activating group) is 1. The van der Waals surface area contributed by atoms with Crippen LogP contribution >= 0.6 is 11.3 Å². The van der Waals surface area contributed by atoms with Crippen LogP contribution in [-0.2, 0) is 20.9 Å². The van der Waals surface area contributed by atoms with E-state index in [2.05, 4.69) is 4.98 Å². The molecule has 0 bridgehead atoms. The lowest BCUT2D eigenvalue weighted by molar-refractivity contribution is -0.135. The van der Waals surface area contributed by atoms with Gasteiger partial charge in [0.05, 0.1) is 22.7 Å². The Hall–Kier alpha value is -3.26. The highest BCUT2D eigenvalue weighted by Gasteiger charge is 2.15. The fraction of sp³-hybridized carbons (Fsp3) is 0.304. The number of hydrogen-bond acceptors (Lipinski definition) is 6. The molecule has 0 fully saturated rings. The van der Waals surface area contributed by atoms with Gasteiger partial charge in [0.1, 0.15) is 11.2 Å². The van der Waals surface area contributed by atoms with Crippen LogP contribution in [0.5, 0.6) is 0 Å². The summed E-state index contributed by atoms with van der Waals surface area (Å²) in [5.41, 5.74) is 1.39. The average molecular weight is 440 g/mol. The van der Waals surface area contributed by atoms with Crippen molar-refractivity contribution in [2.45, 2.75) is 27.3 Å². The lowest BCUT2D eigenvalue weighted by atomic mass is 10.1. The van der Waals surface area contributed by atoms with E-state index in [1.54, 1.807) is 24.1 Å². The van der Waals surface area contributed by atoms with E-state index >= 15 is 0 Å². The molecule has 0 aliphatic carbocycles. The van der Waals surface area contributed by atoms with Crippen molar-refractivity contribution in [3.8, 4) is 0 Å². The molecule has 3 rings (SSSR count). The van der Waals surface area contributed by atoms with Crippen LogP contribution in [-0.4, -0.2) is 46.0 Å². The van der Waals surface area contributed by atoms with Crippen molar-refractivity contribution in [3.63, 3.8) is 0 Å². The normalized spacial score (nSPS) is 12.4. The van der Waals surface area contributed by atoms with E-state index in [0.29, 0.717) is 22.3 Å². The number of carbonyl (C=O) groups is 2. The number of carbonyl (C=O) groups excluding carboxylic acids is 2. The Labute approximate surface area is 183 Å². The van der Waals surface area contributed by atoms with Gasteiger partial charge in [-0.25, -0.2) is 4.79 Å². The molecular formula is C23H25N3O4S. The number of pyridine rings is 1. The number of fused-ring (bicyclic) bond motifs is 1. The Morgan fingerprint density at radius 1 is 1.19 bits per heavy atom. The van der Waals surface area contributed by atoms with Crippen LogP contribution in [0.15, 0.2) is 41.3 Å². The third-order valence-corrected chi connectivity index (χ3v) is 5.86. The number of ether oxygens (including phenoxy) is 1. The van der Waals surface area contributed by atoms with E-state index in [9.17, 15) is 14.4 Å². The number of nitrogens with zero attached hydrogens (tertiary/aromatic N) is 3. The molecule has 7 nitrogen and oxygen atoms in total. The smallest absolute Gasteiger partial charge is 0.333 e. The van der Waals surface area contributed by atoms with Gasteiger partial charge < -0.3 is 9.64 Å². The first-order chi connectivity index (χ1) is 15.0.